The van der Waals surface area contributed by atoms with Crippen LogP contribution in [0.4, 0.5) is 11.4 Å². The lowest BCUT2D eigenvalue weighted by Crippen LogP contribution is -2.26. The number of carbonyl (C=O) groups is 1. The molecule has 18 heavy (non-hydrogen) atoms. The quantitative estimate of drug-likeness (QED) is 0.488. The lowest BCUT2D eigenvalue weighted by Gasteiger charge is -2.22. The molecule has 98 valence electrons. The van der Waals surface area contributed by atoms with Crippen LogP contribution in [0.5, 0.6) is 0 Å². The minimum Gasteiger partial charge on any atom is -0.378 e. The van der Waals surface area contributed by atoms with Gasteiger partial charge in [0.15, 0.2) is 0 Å². The Kier molecular flexibility index (Phi) is 4.72. The highest BCUT2D eigenvalue weighted by atomic mass is 32.2. The van der Waals surface area contributed by atoms with Crippen molar-refractivity contribution in [2.75, 3.05) is 18.1 Å². The van der Waals surface area contributed by atoms with E-state index in [4.69, 9.17) is 0 Å². The fourth-order valence-electron chi connectivity index (χ4n) is 1.30. The number of nitro groups is 1. The average Bonchev–Trinajstić information content (AvgIpc) is 2.36. The minimum absolute atomic E-state index is 0.0167. The Morgan fingerprint density at radius 3 is 2.67 bits per heavy atom. The summed E-state index contributed by atoms with van der Waals surface area (Å²) in [6.45, 7) is 4.71. The molecule has 5 nitrogen and oxygen atoms in total. The molecule has 0 fully saturated rings. The van der Waals surface area contributed by atoms with E-state index in [-0.39, 0.29) is 10.4 Å². The van der Waals surface area contributed by atoms with E-state index >= 15 is 0 Å². The first-order valence-corrected chi connectivity index (χ1v) is 6.65. The zero-order valence-electron chi connectivity index (χ0n) is 10.6. The molecule has 6 heteroatoms. The van der Waals surface area contributed by atoms with Crippen molar-refractivity contribution >= 4 is 29.4 Å². The van der Waals surface area contributed by atoms with Crippen molar-refractivity contribution in [1.29, 1.82) is 0 Å². The van der Waals surface area contributed by atoms with Gasteiger partial charge >= 0.3 is 0 Å². The molecule has 0 unspecified atom stereocenters. The number of nitrogens with one attached hydrogen (secondary N) is 1. The van der Waals surface area contributed by atoms with E-state index in [1.807, 2.05) is 6.26 Å². The van der Waals surface area contributed by atoms with Gasteiger partial charge in [-0.05, 0) is 32.2 Å². The Hall–Kier alpha value is -1.56. The molecule has 0 aromatic heterocycles. The van der Waals surface area contributed by atoms with Crippen LogP contribution >= 0.6 is 11.8 Å². The third-order valence-electron chi connectivity index (χ3n) is 2.61. The monoisotopic (exact) mass is 268 g/mol. The smallest absolute Gasteiger partial charge is 0.293 e. The maximum atomic E-state index is 10.9. The van der Waals surface area contributed by atoms with Crippen LogP contribution in [0.1, 0.15) is 24.2 Å². The van der Waals surface area contributed by atoms with E-state index < -0.39 is 4.92 Å². The van der Waals surface area contributed by atoms with Crippen LogP contribution in [-0.2, 0) is 0 Å². The van der Waals surface area contributed by atoms with Crippen molar-refractivity contribution in [2.24, 2.45) is 0 Å². The molecular weight excluding hydrogens is 252 g/mol. The largest absolute Gasteiger partial charge is 0.378 e. The number of nitro benzene ring substituents is 1. The first-order chi connectivity index (χ1) is 8.39. The highest BCUT2D eigenvalue weighted by Crippen LogP contribution is 2.27. The SMILES string of the molecule is CSC(C)(C)CNc1ccc(C=O)cc1[N+](=O)[O-]. The summed E-state index contributed by atoms with van der Waals surface area (Å²) in [5.74, 6) is 0. The van der Waals surface area contributed by atoms with Gasteiger partial charge in [-0.2, -0.15) is 11.8 Å². The summed E-state index contributed by atoms with van der Waals surface area (Å²) < 4.78 is -0.0167. The fourth-order valence-corrected chi connectivity index (χ4v) is 1.52. The first kappa shape index (κ1) is 14.5. The Balaban J connectivity index is 2.95. The number of rotatable bonds is 6. The van der Waals surface area contributed by atoms with E-state index in [0.29, 0.717) is 24.1 Å². The second kappa shape index (κ2) is 5.86. The van der Waals surface area contributed by atoms with Crippen LogP contribution in [0, 0.1) is 10.1 Å². The average molecular weight is 268 g/mol. The molecule has 0 aliphatic rings. The Bertz CT molecular complexity index is 461. The molecule has 0 spiro atoms. The summed E-state index contributed by atoms with van der Waals surface area (Å²) in [4.78, 5) is 21.1. The second-order valence-electron chi connectivity index (χ2n) is 4.47. The maximum Gasteiger partial charge on any atom is 0.293 e. The lowest BCUT2D eigenvalue weighted by molar-refractivity contribution is -0.384. The molecule has 0 radical (unpaired) electrons. The minimum atomic E-state index is -0.485. The number of carbonyl (C=O) groups excluding carboxylic acids is 1. The molecule has 0 atom stereocenters. The van der Waals surface area contributed by atoms with Crippen LogP contribution in [0.2, 0.25) is 0 Å². The number of hydrogen-bond donors (Lipinski definition) is 1. The molecule has 0 amide bonds. The topological polar surface area (TPSA) is 72.2 Å². The van der Waals surface area contributed by atoms with Gasteiger partial charge in [-0.1, -0.05) is 0 Å². The van der Waals surface area contributed by atoms with E-state index in [1.165, 1.54) is 6.07 Å². The van der Waals surface area contributed by atoms with Crippen LogP contribution < -0.4 is 5.32 Å². The number of thioether (sulfide) groups is 1. The predicted octanol–water partition coefficient (Wildman–Crippen LogP) is 2.96. The molecule has 1 rings (SSSR count). The number of hydrogen-bond acceptors (Lipinski definition) is 5. The van der Waals surface area contributed by atoms with Crippen molar-refractivity contribution in [1.82, 2.24) is 0 Å². The highest BCUT2D eigenvalue weighted by Gasteiger charge is 2.19. The number of nitrogens with zero attached hydrogens (tertiary/aromatic N) is 1. The van der Waals surface area contributed by atoms with Crippen molar-refractivity contribution in [3.05, 3.63) is 33.9 Å². The van der Waals surface area contributed by atoms with Gasteiger partial charge in [-0.25, -0.2) is 0 Å². The summed E-state index contributed by atoms with van der Waals surface area (Å²) in [6.07, 6.45) is 2.59. The van der Waals surface area contributed by atoms with Gasteiger partial charge in [0, 0.05) is 22.9 Å². The van der Waals surface area contributed by atoms with Crippen LogP contribution in [0.25, 0.3) is 0 Å². The van der Waals surface area contributed by atoms with E-state index in [9.17, 15) is 14.9 Å². The molecule has 0 saturated carbocycles. The highest BCUT2D eigenvalue weighted by molar-refractivity contribution is 7.99. The number of aldehydes is 1. The maximum absolute atomic E-state index is 10.9. The molecule has 0 bridgehead atoms. The van der Waals surface area contributed by atoms with E-state index in [2.05, 4.69) is 19.2 Å². The summed E-state index contributed by atoms with van der Waals surface area (Å²) in [5.41, 5.74) is 0.667. The third kappa shape index (κ3) is 3.73. The summed E-state index contributed by atoms with van der Waals surface area (Å²) >= 11 is 1.68. The zero-order valence-corrected chi connectivity index (χ0v) is 11.4. The summed E-state index contributed by atoms with van der Waals surface area (Å²) in [5, 5.41) is 14.0. The van der Waals surface area contributed by atoms with Crippen LogP contribution in [0.3, 0.4) is 0 Å². The molecule has 0 heterocycles. The van der Waals surface area contributed by atoms with E-state index in [1.54, 1.807) is 23.9 Å². The number of anilines is 1. The third-order valence-corrected chi connectivity index (χ3v) is 3.86. The molecule has 0 aliphatic carbocycles. The zero-order chi connectivity index (χ0) is 13.8. The van der Waals surface area contributed by atoms with Gasteiger partial charge < -0.3 is 5.32 Å². The van der Waals surface area contributed by atoms with Gasteiger partial charge in [0.05, 0.1) is 4.92 Å². The van der Waals surface area contributed by atoms with Gasteiger partial charge in [-0.3, -0.25) is 14.9 Å². The van der Waals surface area contributed by atoms with Crippen molar-refractivity contribution < 1.29 is 9.72 Å². The number of benzene rings is 1. The molecule has 0 aliphatic heterocycles. The molecular formula is C12H16N2O3S. The summed E-state index contributed by atoms with van der Waals surface area (Å²) in [7, 11) is 0. The van der Waals surface area contributed by atoms with Crippen molar-refractivity contribution in [2.45, 2.75) is 18.6 Å². The first-order valence-electron chi connectivity index (χ1n) is 5.42. The van der Waals surface area contributed by atoms with Crippen LogP contribution in [0.15, 0.2) is 18.2 Å². The van der Waals surface area contributed by atoms with Gasteiger partial charge in [0.1, 0.15) is 12.0 Å². The Morgan fingerprint density at radius 1 is 1.50 bits per heavy atom. The lowest BCUT2D eigenvalue weighted by atomic mass is 10.1. The van der Waals surface area contributed by atoms with Crippen molar-refractivity contribution in [3.8, 4) is 0 Å². The van der Waals surface area contributed by atoms with Gasteiger partial charge in [0.2, 0.25) is 0 Å². The molecule has 0 saturated heterocycles. The van der Waals surface area contributed by atoms with E-state index in [0.717, 1.165) is 0 Å². The van der Waals surface area contributed by atoms with Gasteiger partial charge in [0.25, 0.3) is 5.69 Å². The van der Waals surface area contributed by atoms with Gasteiger partial charge in [-0.15, -0.1) is 0 Å². The second-order valence-corrected chi connectivity index (χ2v) is 5.98. The standard InChI is InChI=1S/C12H16N2O3S/c1-12(2,18-3)8-13-10-5-4-9(7-15)6-11(10)14(16)17/h4-7,13H,8H2,1-3H3. The summed E-state index contributed by atoms with van der Waals surface area (Å²) in [6, 6.07) is 4.41. The molecule has 1 N–H and O–H groups in total. The van der Waals surface area contributed by atoms with Crippen molar-refractivity contribution in [3.63, 3.8) is 0 Å². The Labute approximate surface area is 110 Å². The predicted molar refractivity (Wildman–Crippen MR) is 74.6 cm³/mol. The Morgan fingerprint density at radius 2 is 2.17 bits per heavy atom. The van der Waals surface area contributed by atoms with Crippen LogP contribution in [-0.4, -0.2) is 28.8 Å². The normalized spacial score (nSPS) is 11.1. The molecule has 1 aromatic rings. The fraction of sp³-hybridized carbons (Fsp3) is 0.417. The molecule has 1 aromatic carbocycles.